The smallest absolute Gasteiger partial charge is 0.310 e. The van der Waals surface area contributed by atoms with Crippen molar-refractivity contribution >= 4 is 27.8 Å². The summed E-state index contributed by atoms with van der Waals surface area (Å²) < 4.78 is 5.49. The van der Waals surface area contributed by atoms with E-state index in [0.29, 0.717) is 6.04 Å². The summed E-state index contributed by atoms with van der Waals surface area (Å²) in [7, 11) is 0. The van der Waals surface area contributed by atoms with Crippen LogP contribution in [0.4, 0.5) is 0 Å². The van der Waals surface area contributed by atoms with Gasteiger partial charge in [0.1, 0.15) is 6.10 Å². The molecule has 0 spiro atoms. The predicted octanol–water partition coefficient (Wildman–Crippen LogP) is 1.96. The Morgan fingerprint density at radius 2 is 2.15 bits per heavy atom. The highest BCUT2D eigenvalue weighted by Gasteiger charge is 2.68. The highest BCUT2D eigenvalue weighted by atomic mass is 79.9. The lowest BCUT2D eigenvalue weighted by molar-refractivity contribution is -0.149. The molecular weight excluding hydrogens is 322 g/mol. The fourth-order valence-electron chi connectivity index (χ4n) is 4.93. The Kier molecular flexibility index (Phi) is 2.92. The number of likely N-dealkylation sites (tertiary alicyclic amines) is 1. The number of piperidine rings is 1. The Morgan fingerprint density at radius 1 is 1.35 bits per heavy atom. The molecule has 0 aromatic rings. The van der Waals surface area contributed by atoms with Crippen LogP contribution in [0.15, 0.2) is 0 Å². The van der Waals surface area contributed by atoms with Gasteiger partial charge in [-0.15, -0.1) is 0 Å². The van der Waals surface area contributed by atoms with Crippen LogP contribution in [0.5, 0.6) is 0 Å². The van der Waals surface area contributed by atoms with Gasteiger partial charge in [-0.25, -0.2) is 0 Å². The topological polar surface area (TPSA) is 46.6 Å². The fraction of sp³-hybridized carbons (Fsp3) is 0.867. The summed E-state index contributed by atoms with van der Waals surface area (Å²) in [5.41, 5.74) is 0. The maximum atomic E-state index is 13.0. The van der Waals surface area contributed by atoms with Crippen LogP contribution in [0.1, 0.15) is 32.6 Å². The molecule has 7 atom stereocenters. The monoisotopic (exact) mass is 341 g/mol. The number of hydrogen-bond donors (Lipinski definition) is 0. The minimum atomic E-state index is -0.166. The van der Waals surface area contributed by atoms with E-state index in [2.05, 4.69) is 22.9 Å². The quantitative estimate of drug-likeness (QED) is 0.541. The molecule has 2 bridgehead atoms. The Morgan fingerprint density at radius 3 is 2.90 bits per heavy atom. The van der Waals surface area contributed by atoms with Gasteiger partial charge in [0.05, 0.1) is 16.7 Å². The standard InChI is InChI=1S/C15H20BrNO3/c1-7-4-2-3-5-17(7)14(18)10-8-6-9-11(10)15(19)20-13(9)12(8)16/h7-13H,2-6H2,1H3/t7-,8-,9-,10-,11+,12-,13+/m1/s1. The first-order chi connectivity index (χ1) is 9.59. The number of amides is 1. The third-order valence-electron chi connectivity index (χ3n) is 5.89. The van der Waals surface area contributed by atoms with Crippen molar-refractivity contribution in [3.8, 4) is 0 Å². The molecule has 2 saturated heterocycles. The largest absolute Gasteiger partial charge is 0.461 e. The molecule has 4 rings (SSSR count). The maximum absolute atomic E-state index is 13.0. The first kappa shape index (κ1) is 13.1. The fourth-order valence-corrected chi connectivity index (χ4v) is 5.97. The van der Waals surface area contributed by atoms with Gasteiger partial charge in [0.25, 0.3) is 0 Å². The van der Waals surface area contributed by atoms with E-state index in [1.807, 2.05) is 4.90 Å². The number of ether oxygens (including phenoxy) is 1. The van der Waals surface area contributed by atoms with Crippen LogP contribution < -0.4 is 0 Å². The van der Waals surface area contributed by atoms with Crippen molar-refractivity contribution in [2.24, 2.45) is 23.7 Å². The van der Waals surface area contributed by atoms with Crippen LogP contribution in [0.25, 0.3) is 0 Å². The Labute approximate surface area is 127 Å². The van der Waals surface area contributed by atoms with Crippen molar-refractivity contribution in [1.82, 2.24) is 4.90 Å². The number of esters is 1. The summed E-state index contributed by atoms with van der Waals surface area (Å²) in [5.74, 6) is 0.314. The third kappa shape index (κ3) is 1.59. The van der Waals surface area contributed by atoms with Crippen LogP contribution in [-0.2, 0) is 14.3 Å². The van der Waals surface area contributed by atoms with E-state index in [1.165, 1.54) is 6.42 Å². The van der Waals surface area contributed by atoms with Crippen molar-refractivity contribution < 1.29 is 14.3 Å². The van der Waals surface area contributed by atoms with Crippen LogP contribution >= 0.6 is 15.9 Å². The molecule has 110 valence electrons. The zero-order valence-corrected chi connectivity index (χ0v) is 13.2. The van der Waals surface area contributed by atoms with E-state index < -0.39 is 0 Å². The van der Waals surface area contributed by atoms with Gasteiger partial charge < -0.3 is 9.64 Å². The summed E-state index contributed by atoms with van der Waals surface area (Å²) in [6.07, 6.45) is 4.36. The number of fused-ring (bicyclic) bond motifs is 1. The van der Waals surface area contributed by atoms with Crippen molar-refractivity contribution in [3.63, 3.8) is 0 Å². The Hall–Kier alpha value is -0.580. The number of alkyl halides is 1. The summed E-state index contributed by atoms with van der Waals surface area (Å²) in [6.45, 7) is 2.98. The highest BCUT2D eigenvalue weighted by Crippen LogP contribution is 2.60. The van der Waals surface area contributed by atoms with E-state index in [9.17, 15) is 9.59 Å². The van der Waals surface area contributed by atoms with Gasteiger partial charge in [-0.2, -0.15) is 0 Å². The SMILES string of the molecule is C[C@@H]1CCCCN1C(=O)[C@@H]1[C@H]2C[C@H]3[C@H](OC(=O)[C@@H]31)[C@@H]2Br. The number of carbonyl (C=O) groups excluding carboxylic acids is 2. The normalized spacial score (nSPS) is 49.6. The molecule has 4 nitrogen and oxygen atoms in total. The summed E-state index contributed by atoms with van der Waals surface area (Å²) >= 11 is 3.68. The molecule has 0 radical (unpaired) electrons. The third-order valence-corrected chi connectivity index (χ3v) is 7.09. The van der Waals surface area contributed by atoms with Gasteiger partial charge in [-0.3, -0.25) is 9.59 Å². The molecule has 0 aromatic carbocycles. The van der Waals surface area contributed by atoms with Gasteiger partial charge in [0.2, 0.25) is 5.91 Å². The molecule has 20 heavy (non-hydrogen) atoms. The second-order valence-electron chi connectivity index (χ2n) is 6.84. The molecule has 1 amide bonds. The van der Waals surface area contributed by atoms with Crippen LogP contribution in [0.3, 0.4) is 0 Å². The Balaban J connectivity index is 1.62. The van der Waals surface area contributed by atoms with Crippen molar-refractivity contribution in [1.29, 1.82) is 0 Å². The van der Waals surface area contributed by atoms with Crippen LogP contribution in [0, 0.1) is 23.7 Å². The minimum absolute atomic E-state index is 0.0142. The van der Waals surface area contributed by atoms with Crippen molar-refractivity contribution in [2.75, 3.05) is 6.54 Å². The average molecular weight is 342 g/mol. The molecule has 4 fully saturated rings. The van der Waals surface area contributed by atoms with Gasteiger partial charge >= 0.3 is 5.97 Å². The van der Waals surface area contributed by atoms with E-state index in [4.69, 9.17) is 4.74 Å². The first-order valence-electron chi connectivity index (χ1n) is 7.74. The molecule has 5 heteroatoms. The summed E-state index contributed by atoms with van der Waals surface area (Å²) in [4.78, 5) is 27.3. The number of halogens is 1. The molecular formula is C15H20BrNO3. The van der Waals surface area contributed by atoms with E-state index >= 15 is 0 Å². The zero-order valence-electron chi connectivity index (χ0n) is 11.6. The number of carbonyl (C=O) groups is 2. The van der Waals surface area contributed by atoms with Gasteiger partial charge in [-0.05, 0) is 38.5 Å². The second kappa shape index (κ2) is 4.46. The lowest BCUT2D eigenvalue weighted by Crippen LogP contribution is -2.50. The number of rotatable bonds is 1. The summed E-state index contributed by atoms with van der Waals surface area (Å²) in [6, 6.07) is 0.317. The molecule has 2 aliphatic heterocycles. The zero-order chi connectivity index (χ0) is 14.0. The summed E-state index contributed by atoms with van der Waals surface area (Å²) in [5, 5.41) is 0. The minimum Gasteiger partial charge on any atom is -0.461 e. The average Bonchev–Trinajstić information content (AvgIpc) is 3.02. The maximum Gasteiger partial charge on any atom is 0.310 e. The highest BCUT2D eigenvalue weighted by molar-refractivity contribution is 9.09. The van der Waals surface area contributed by atoms with Crippen molar-refractivity contribution in [3.05, 3.63) is 0 Å². The van der Waals surface area contributed by atoms with Gasteiger partial charge in [0.15, 0.2) is 0 Å². The van der Waals surface area contributed by atoms with Crippen LogP contribution in [0.2, 0.25) is 0 Å². The lowest BCUT2D eigenvalue weighted by atomic mass is 9.78. The molecule has 2 saturated carbocycles. The molecule has 0 aromatic heterocycles. The number of hydrogen-bond acceptors (Lipinski definition) is 3. The Bertz CT molecular complexity index is 468. The number of nitrogens with zero attached hydrogens (tertiary/aromatic N) is 1. The lowest BCUT2D eigenvalue weighted by Gasteiger charge is -2.38. The molecule has 2 heterocycles. The van der Waals surface area contributed by atoms with E-state index in [1.54, 1.807) is 0 Å². The van der Waals surface area contributed by atoms with Gasteiger partial charge in [0, 0.05) is 18.5 Å². The van der Waals surface area contributed by atoms with E-state index in [-0.39, 0.29) is 46.5 Å². The van der Waals surface area contributed by atoms with Crippen LogP contribution in [-0.4, -0.2) is 40.3 Å². The first-order valence-corrected chi connectivity index (χ1v) is 8.66. The van der Waals surface area contributed by atoms with E-state index in [0.717, 1.165) is 25.8 Å². The molecule has 4 aliphatic rings. The predicted molar refractivity (Wildman–Crippen MR) is 76.2 cm³/mol. The van der Waals surface area contributed by atoms with Gasteiger partial charge in [-0.1, -0.05) is 15.9 Å². The second-order valence-corrected chi connectivity index (χ2v) is 7.89. The molecule has 0 N–H and O–H groups in total. The molecule has 0 unspecified atom stereocenters. The van der Waals surface area contributed by atoms with Crippen molar-refractivity contribution in [2.45, 2.75) is 49.6 Å². The molecule has 2 aliphatic carbocycles.